The van der Waals surface area contributed by atoms with Gasteiger partial charge in [0.1, 0.15) is 5.82 Å². The zero-order valence-electron chi connectivity index (χ0n) is 11.1. The molecule has 2 rings (SSSR count). The van der Waals surface area contributed by atoms with Gasteiger partial charge in [-0.15, -0.1) is 0 Å². The van der Waals surface area contributed by atoms with E-state index in [0.29, 0.717) is 5.69 Å². The maximum atomic E-state index is 13.8. The molecule has 0 atom stereocenters. The third-order valence-electron chi connectivity index (χ3n) is 2.61. The molecule has 5 nitrogen and oxygen atoms in total. The van der Waals surface area contributed by atoms with E-state index in [1.807, 2.05) is 0 Å². The number of halogens is 1. The Balaban J connectivity index is 2.04. The van der Waals surface area contributed by atoms with Crippen molar-refractivity contribution in [2.24, 2.45) is 5.73 Å². The Kier molecular flexibility index (Phi) is 4.96. The fourth-order valence-electron chi connectivity index (χ4n) is 1.60. The summed E-state index contributed by atoms with van der Waals surface area (Å²) in [6.07, 6.45) is 1.54. The fraction of sp³-hybridized carbons (Fsp3) is 0.133. The molecule has 0 unspecified atom stereocenters. The van der Waals surface area contributed by atoms with Gasteiger partial charge in [0.25, 0.3) is 5.91 Å². The van der Waals surface area contributed by atoms with Crippen molar-refractivity contribution in [1.29, 1.82) is 0 Å². The Labute approximate surface area is 121 Å². The minimum absolute atomic E-state index is 0.153. The standard InChI is InChI=1S/C15H13FN4O/c16-14-9-12(6-5-11(14)3-1-7-17)15(21)18-10-13-4-2-8-19-20-13/h2,4-6,8-9H,7,10,17H2,(H,18,21). The van der Waals surface area contributed by atoms with Gasteiger partial charge in [0, 0.05) is 11.8 Å². The highest BCUT2D eigenvalue weighted by atomic mass is 19.1. The van der Waals surface area contributed by atoms with E-state index >= 15 is 0 Å². The number of nitrogens with zero attached hydrogens (tertiary/aromatic N) is 2. The summed E-state index contributed by atoms with van der Waals surface area (Å²) in [6.45, 7) is 0.378. The quantitative estimate of drug-likeness (QED) is 0.819. The first-order chi connectivity index (χ1) is 10.2. The normalized spacial score (nSPS) is 9.62. The van der Waals surface area contributed by atoms with Crippen LogP contribution in [0.25, 0.3) is 0 Å². The monoisotopic (exact) mass is 284 g/mol. The Morgan fingerprint density at radius 3 is 2.90 bits per heavy atom. The van der Waals surface area contributed by atoms with Gasteiger partial charge in [0.05, 0.1) is 24.3 Å². The number of hydrogen-bond acceptors (Lipinski definition) is 4. The summed E-state index contributed by atoms with van der Waals surface area (Å²) in [5, 5.41) is 10.2. The molecule has 0 aliphatic heterocycles. The summed E-state index contributed by atoms with van der Waals surface area (Å²) in [7, 11) is 0. The van der Waals surface area contributed by atoms with E-state index in [9.17, 15) is 9.18 Å². The van der Waals surface area contributed by atoms with Gasteiger partial charge >= 0.3 is 0 Å². The van der Waals surface area contributed by atoms with Crippen LogP contribution in [0.5, 0.6) is 0 Å². The zero-order chi connectivity index (χ0) is 15.1. The average Bonchev–Trinajstić information content (AvgIpc) is 2.52. The summed E-state index contributed by atoms with van der Waals surface area (Å²) < 4.78 is 13.8. The second-order valence-electron chi connectivity index (χ2n) is 4.10. The lowest BCUT2D eigenvalue weighted by molar-refractivity contribution is 0.0950. The lowest BCUT2D eigenvalue weighted by Crippen LogP contribution is -2.23. The second-order valence-corrected chi connectivity index (χ2v) is 4.10. The van der Waals surface area contributed by atoms with Crippen LogP contribution in [0, 0.1) is 17.7 Å². The van der Waals surface area contributed by atoms with Crippen LogP contribution in [0.3, 0.4) is 0 Å². The molecular weight excluding hydrogens is 271 g/mol. The summed E-state index contributed by atoms with van der Waals surface area (Å²) in [5.41, 5.74) is 6.28. The SMILES string of the molecule is NCC#Cc1ccc(C(=O)NCc2cccnn2)cc1F. The van der Waals surface area contributed by atoms with E-state index in [4.69, 9.17) is 5.73 Å². The van der Waals surface area contributed by atoms with Crippen LogP contribution in [0.1, 0.15) is 21.6 Å². The molecular formula is C15H13FN4O. The van der Waals surface area contributed by atoms with Crippen molar-refractivity contribution < 1.29 is 9.18 Å². The van der Waals surface area contributed by atoms with Crippen molar-refractivity contribution >= 4 is 5.91 Å². The largest absolute Gasteiger partial charge is 0.346 e. The molecule has 0 aliphatic carbocycles. The van der Waals surface area contributed by atoms with Crippen molar-refractivity contribution in [3.8, 4) is 11.8 Å². The number of carbonyl (C=O) groups excluding carboxylic acids is 1. The van der Waals surface area contributed by atoms with Gasteiger partial charge in [-0.05, 0) is 30.3 Å². The van der Waals surface area contributed by atoms with E-state index in [1.165, 1.54) is 12.1 Å². The Hall–Kier alpha value is -2.78. The molecule has 0 radical (unpaired) electrons. The molecule has 0 saturated carbocycles. The molecule has 0 bridgehead atoms. The first-order valence-corrected chi connectivity index (χ1v) is 6.24. The Bertz CT molecular complexity index is 692. The number of aromatic nitrogens is 2. The summed E-state index contributed by atoms with van der Waals surface area (Å²) in [6, 6.07) is 7.57. The van der Waals surface area contributed by atoms with Crippen molar-refractivity contribution in [3.63, 3.8) is 0 Å². The van der Waals surface area contributed by atoms with Crippen molar-refractivity contribution in [2.45, 2.75) is 6.54 Å². The van der Waals surface area contributed by atoms with E-state index < -0.39 is 11.7 Å². The molecule has 1 heterocycles. The number of amides is 1. The number of benzene rings is 1. The number of hydrogen-bond donors (Lipinski definition) is 2. The molecule has 1 amide bonds. The summed E-state index contributed by atoms with van der Waals surface area (Å²) in [5.74, 6) is 4.22. The maximum absolute atomic E-state index is 13.8. The molecule has 0 saturated heterocycles. The second kappa shape index (κ2) is 7.12. The van der Waals surface area contributed by atoms with E-state index in [-0.39, 0.29) is 24.2 Å². The van der Waals surface area contributed by atoms with Gasteiger partial charge in [-0.1, -0.05) is 11.8 Å². The average molecular weight is 284 g/mol. The molecule has 0 aliphatic rings. The van der Waals surface area contributed by atoms with Gasteiger partial charge in [-0.25, -0.2) is 4.39 Å². The molecule has 3 N–H and O–H groups in total. The number of rotatable bonds is 3. The summed E-state index contributed by atoms with van der Waals surface area (Å²) >= 11 is 0. The smallest absolute Gasteiger partial charge is 0.251 e. The van der Waals surface area contributed by atoms with Crippen molar-refractivity contribution in [3.05, 3.63) is 59.2 Å². The number of nitrogens with one attached hydrogen (secondary N) is 1. The van der Waals surface area contributed by atoms with Crippen LogP contribution in [-0.2, 0) is 6.54 Å². The van der Waals surface area contributed by atoms with E-state index in [0.717, 1.165) is 6.07 Å². The molecule has 6 heteroatoms. The third-order valence-corrected chi connectivity index (χ3v) is 2.61. The molecule has 0 fully saturated rings. The van der Waals surface area contributed by atoms with E-state index in [1.54, 1.807) is 18.3 Å². The van der Waals surface area contributed by atoms with Gasteiger partial charge in [-0.2, -0.15) is 10.2 Å². The van der Waals surface area contributed by atoms with Gasteiger partial charge in [0.2, 0.25) is 0 Å². The van der Waals surface area contributed by atoms with Crippen LogP contribution in [0.15, 0.2) is 36.5 Å². The number of nitrogens with two attached hydrogens (primary N) is 1. The van der Waals surface area contributed by atoms with Crippen LogP contribution in [-0.4, -0.2) is 22.6 Å². The van der Waals surface area contributed by atoms with Gasteiger partial charge in [-0.3, -0.25) is 4.79 Å². The molecule has 1 aromatic carbocycles. The predicted molar refractivity (Wildman–Crippen MR) is 75.5 cm³/mol. The molecule has 106 valence electrons. The minimum atomic E-state index is -0.553. The maximum Gasteiger partial charge on any atom is 0.251 e. The molecule has 0 spiro atoms. The van der Waals surface area contributed by atoms with Crippen molar-refractivity contribution in [1.82, 2.24) is 15.5 Å². The highest BCUT2D eigenvalue weighted by Gasteiger charge is 2.09. The minimum Gasteiger partial charge on any atom is -0.346 e. The molecule has 2 aromatic rings. The number of carbonyl (C=O) groups is 1. The van der Waals surface area contributed by atoms with Crippen LogP contribution >= 0.6 is 0 Å². The third kappa shape index (κ3) is 4.09. The first kappa shape index (κ1) is 14.6. The lowest BCUT2D eigenvalue weighted by Gasteiger charge is -2.05. The molecule has 21 heavy (non-hydrogen) atoms. The Morgan fingerprint density at radius 1 is 1.38 bits per heavy atom. The molecule has 1 aromatic heterocycles. The van der Waals surface area contributed by atoms with E-state index in [2.05, 4.69) is 27.4 Å². The fourth-order valence-corrected chi connectivity index (χ4v) is 1.60. The van der Waals surface area contributed by atoms with Gasteiger partial charge < -0.3 is 11.1 Å². The zero-order valence-corrected chi connectivity index (χ0v) is 11.1. The predicted octanol–water partition coefficient (Wildman–Crippen LogP) is 0.856. The highest BCUT2D eigenvalue weighted by molar-refractivity contribution is 5.94. The topological polar surface area (TPSA) is 80.9 Å². The Morgan fingerprint density at radius 2 is 2.24 bits per heavy atom. The van der Waals surface area contributed by atoms with Gasteiger partial charge in [0.15, 0.2) is 0 Å². The highest BCUT2D eigenvalue weighted by Crippen LogP contribution is 2.09. The van der Waals surface area contributed by atoms with Crippen LogP contribution in [0.4, 0.5) is 4.39 Å². The van der Waals surface area contributed by atoms with Crippen LogP contribution < -0.4 is 11.1 Å². The summed E-state index contributed by atoms with van der Waals surface area (Å²) in [4.78, 5) is 11.9. The van der Waals surface area contributed by atoms with Crippen LogP contribution in [0.2, 0.25) is 0 Å². The lowest BCUT2D eigenvalue weighted by atomic mass is 10.1. The van der Waals surface area contributed by atoms with Crippen molar-refractivity contribution in [2.75, 3.05) is 6.54 Å². The first-order valence-electron chi connectivity index (χ1n) is 6.24.